The average Bonchev–Trinajstić information content (AvgIpc) is 3.27. The number of ether oxygens (including phenoxy) is 1. The van der Waals surface area contributed by atoms with Gasteiger partial charge in [0.25, 0.3) is 0 Å². The zero-order valence-electron chi connectivity index (χ0n) is 21.9. The number of rotatable bonds is 8. The normalized spacial score (nSPS) is 13.9. The van der Waals surface area contributed by atoms with Crippen molar-refractivity contribution in [3.8, 4) is 35.0 Å². The summed E-state index contributed by atoms with van der Waals surface area (Å²) in [4.78, 5) is 17.5. The molecule has 40 heavy (non-hydrogen) atoms. The lowest BCUT2D eigenvalue weighted by Crippen LogP contribution is -2.21. The molecule has 204 valence electrons. The van der Waals surface area contributed by atoms with Gasteiger partial charge in [0.15, 0.2) is 5.43 Å². The van der Waals surface area contributed by atoms with Gasteiger partial charge in [-0.2, -0.15) is 8.42 Å². The zero-order valence-corrected chi connectivity index (χ0v) is 22.7. The van der Waals surface area contributed by atoms with Gasteiger partial charge in [-0.1, -0.05) is 41.3 Å². The van der Waals surface area contributed by atoms with Gasteiger partial charge < -0.3 is 18.5 Å². The third-order valence-electron chi connectivity index (χ3n) is 7.55. The highest BCUT2D eigenvalue weighted by atomic mass is 32.3. The maximum atomic E-state index is 14.1. The second kappa shape index (κ2) is 10.0. The number of nitrogens with one attached hydrogen (secondary N) is 1. The molecule has 9 heteroatoms. The van der Waals surface area contributed by atoms with Crippen LogP contribution in [0.5, 0.6) is 11.5 Å². The van der Waals surface area contributed by atoms with E-state index >= 15 is 0 Å². The number of benzene rings is 3. The molecule has 0 amide bonds. The van der Waals surface area contributed by atoms with Crippen molar-refractivity contribution in [3.05, 3.63) is 70.4 Å². The lowest BCUT2D eigenvalue weighted by Gasteiger charge is -2.31. The molecule has 1 aliphatic carbocycles. The number of H-pyrrole nitrogens is 1. The zero-order chi connectivity index (χ0) is 28.0. The van der Waals surface area contributed by atoms with E-state index in [0.29, 0.717) is 34.3 Å². The van der Waals surface area contributed by atoms with E-state index in [-0.39, 0.29) is 17.2 Å². The summed E-state index contributed by atoms with van der Waals surface area (Å²) in [6.07, 6.45) is 10.4. The monoisotopic (exact) mass is 558 g/mol. The Bertz CT molecular complexity index is 2000. The number of fused-ring (bicyclic) bond motifs is 4. The Morgan fingerprint density at radius 1 is 1.12 bits per heavy atom. The fourth-order valence-corrected chi connectivity index (χ4v) is 5.75. The van der Waals surface area contributed by atoms with Crippen LogP contribution in [0.15, 0.2) is 59.4 Å². The van der Waals surface area contributed by atoms with Crippen molar-refractivity contribution in [2.75, 3.05) is 6.61 Å². The number of terminal acetylenes is 1. The SMILES string of the molecule is C#Cc1ccc2c(c1)[nH]c1c2c(=O)c2cc(OCCCC)c(-c3cccc(OS(=O)(=O)F)c3)cc2n1C1CCC1. The molecular weight excluding hydrogens is 531 g/mol. The summed E-state index contributed by atoms with van der Waals surface area (Å²) in [5.74, 6) is 2.97. The molecule has 6 rings (SSSR count). The smallest absolute Gasteiger partial charge is 0.488 e. The van der Waals surface area contributed by atoms with Crippen molar-refractivity contribution in [3.63, 3.8) is 0 Å². The topological polar surface area (TPSA) is 90.4 Å². The molecule has 0 aliphatic heterocycles. The predicted octanol–water partition coefficient (Wildman–Crippen LogP) is 6.78. The van der Waals surface area contributed by atoms with Crippen LogP contribution >= 0.6 is 0 Å². The van der Waals surface area contributed by atoms with E-state index in [1.807, 2.05) is 24.3 Å². The summed E-state index contributed by atoms with van der Waals surface area (Å²) < 4.78 is 48.4. The highest BCUT2D eigenvalue weighted by Crippen LogP contribution is 2.41. The fourth-order valence-electron chi connectivity index (χ4n) is 5.41. The van der Waals surface area contributed by atoms with Crippen LogP contribution in [-0.4, -0.2) is 24.6 Å². The molecule has 7 nitrogen and oxygen atoms in total. The first kappa shape index (κ1) is 26.0. The van der Waals surface area contributed by atoms with Crippen LogP contribution in [0.1, 0.15) is 50.6 Å². The van der Waals surface area contributed by atoms with Gasteiger partial charge in [0.2, 0.25) is 0 Å². The second-order valence-electron chi connectivity index (χ2n) is 10.1. The highest BCUT2D eigenvalue weighted by molar-refractivity contribution is 7.81. The lowest BCUT2D eigenvalue weighted by molar-refractivity contribution is 0.310. The Balaban J connectivity index is 1.66. The minimum Gasteiger partial charge on any atom is -0.493 e. The highest BCUT2D eigenvalue weighted by Gasteiger charge is 2.27. The van der Waals surface area contributed by atoms with Crippen molar-refractivity contribution in [2.45, 2.75) is 45.1 Å². The molecule has 0 radical (unpaired) electrons. The van der Waals surface area contributed by atoms with Crippen molar-refractivity contribution in [1.82, 2.24) is 9.55 Å². The molecule has 0 unspecified atom stereocenters. The molecule has 5 aromatic rings. The molecule has 0 bridgehead atoms. The molecule has 0 saturated heterocycles. The van der Waals surface area contributed by atoms with Gasteiger partial charge in [-0.05, 0) is 67.6 Å². The van der Waals surface area contributed by atoms with E-state index in [0.717, 1.165) is 59.7 Å². The van der Waals surface area contributed by atoms with Crippen LogP contribution in [0, 0.1) is 12.3 Å². The molecule has 1 saturated carbocycles. The Hall–Kier alpha value is -4.29. The van der Waals surface area contributed by atoms with Gasteiger partial charge in [-0.15, -0.1) is 6.42 Å². The van der Waals surface area contributed by atoms with E-state index in [9.17, 15) is 17.1 Å². The van der Waals surface area contributed by atoms with Crippen LogP contribution < -0.4 is 14.3 Å². The molecule has 0 spiro atoms. The van der Waals surface area contributed by atoms with Gasteiger partial charge in [0.05, 0.1) is 22.9 Å². The number of hydrogen-bond acceptors (Lipinski definition) is 5. The summed E-state index contributed by atoms with van der Waals surface area (Å²) >= 11 is 0. The minimum atomic E-state index is -5.19. The van der Waals surface area contributed by atoms with Crippen molar-refractivity contribution in [2.24, 2.45) is 0 Å². The van der Waals surface area contributed by atoms with Crippen molar-refractivity contribution < 1.29 is 21.2 Å². The van der Waals surface area contributed by atoms with E-state index in [4.69, 9.17) is 11.2 Å². The summed E-state index contributed by atoms with van der Waals surface area (Å²) in [5, 5.41) is 1.94. The maximum Gasteiger partial charge on any atom is 0.488 e. The second-order valence-corrected chi connectivity index (χ2v) is 11.1. The van der Waals surface area contributed by atoms with Crippen LogP contribution in [0.3, 0.4) is 0 Å². The lowest BCUT2D eigenvalue weighted by atomic mass is 9.91. The first-order chi connectivity index (χ1) is 19.3. The molecule has 1 fully saturated rings. The van der Waals surface area contributed by atoms with E-state index in [1.165, 1.54) is 12.1 Å². The molecule has 0 atom stereocenters. The molecule has 3 aromatic carbocycles. The number of hydrogen-bond donors (Lipinski definition) is 1. The van der Waals surface area contributed by atoms with E-state index < -0.39 is 10.5 Å². The van der Waals surface area contributed by atoms with Gasteiger partial charge in [0.1, 0.15) is 17.1 Å². The van der Waals surface area contributed by atoms with Gasteiger partial charge >= 0.3 is 10.5 Å². The molecular formula is C31H27FN2O5S. The minimum absolute atomic E-state index is 0.118. The molecule has 2 aromatic heterocycles. The van der Waals surface area contributed by atoms with Gasteiger partial charge in [0, 0.05) is 28.1 Å². The van der Waals surface area contributed by atoms with Crippen LogP contribution in [0.4, 0.5) is 3.89 Å². The van der Waals surface area contributed by atoms with E-state index in [1.54, 1.807) is 18.2 Å². The fraction of sp³-hybridized carbons (Fsp3) is 0.258. The van der Waals surface area contributed by atoms with Crippen LogP contribution in [-0.2, 0) is 10.5 Å². The van der Waals surface area contributed by atoms with Gasteiger partial charge in [-0.25, -0.2) is 0 Å². The van der Waals surface area contributed by atoms with Crippen LogP contribution in [0.2, 0.25) is 0 Å². The number of nitrogens with zero attached hydrogens (tertiary/aromatic N) is 1. The van der Waals surface area contributed by atoms with Gasteiger partial charge in [-0.3, -0.25) is 4.79 Å². The number of unbranched alkanes of at least 4 members (excludes halogenated alkanes) is 1. The maximum absolute atomic E-state index is 14.1. The average molecular weight is 559 g/mol. The first-order valence-electron chi connectivity index (χ1n) is 13.3. The quantitative estimate of drug-likeness (QED) is 0.129. The molecule has 1 aliphatic rings. The van der Waals surface area contributed by atoms with Crippen molar-refractivity contribution >= 4 is 43.3 Å². The standard InChI is InChI=1S/C31H27FN2O5S/c1-3-5-14-38-28-18-25-27(17-24(28)20-8-6-11-22(16-20)39-40(32,36)37)34(21-9-7-10-21)31-29(30(25)35)23-13-12-19(4-2)15-26(23)33-31/h2,6,8,11-13,15-18,21,33H,3,5,7,9-10,14H2,1H3. The number of pyridine rings is 1. The first-order valence-corrected chi connectivity index (χ1v) is 14.6. The van der Waals surface area contributed by atoms with Crippen molar-refractivity contribution in [1.29, 1.82) is 0 Å². The number of halogens is 1. The Kier molecular flexibility index (Phi) is 6.51. The third-order valence-corrected chi connectivity index (χ3v) is 7.94. The predicted molar refractivity (Wildman–Crippen MR) is 155 cm³/mol. The molecule has 2 heterocycles. The largest absolute Gasteiger partial charge is 0.493 e. The van der Waals surface area contributed by atoms with Crippen LogP contribution in [0.25, 0.3) is 44.0 Å². The molecule has 1 N–H and O–H groups in total. The summed E-state index contributed by atoms with van der Waals surface area (Å²) in [5.41, 5.74) is 4.07. The third kappa shape index (κ3) is 4.58. The number of aromatic nitrogens is 2. The van der Waals surface area contributed by atoms with E-state index in [2.05, 4.69) is 26.6 Å². The summed E-state index contributed by atoms with van der Waals surface area (Å²) in [6, 6.07) is 15.6. The Labute approximate surface area is 230 Å². The Morgan fingerprint density at radius 2 is 1.95 bits per heavy atom. The summed E-state index contributed by atoms with van der Waals surface area (Å²) in [7, 11) is -5.19. The summed E-state index contributed by atoms with van der Waals surface area (Å²) in [6.45, 7) is 2.49. The number of aromatic amines is 1. The Morgan fingerprint density at radius 3 is 2.65 bits per heavy atom.